The average Bonchev–Trinajstić information content (AvgIpc) is 2.32. The summed E-state index contributed by atoms with van der Waals surface area (Å²) in [6, 6.07) is 9.52. The maximum atomic E-state index is 5.83. The summed E-state index contributed by atoms with van der Waals surface area (Å²) in [5.41, 5.74) is 3.05. The first kappa shape index (κ1) is 11.7. The summed E-state index contributed by atoms with van der Waals surface area (Å²) in [7, 11) is 1.66. The number of aryl methyl sites for hydroxylation is 1. The van der Waals surface area contributed by atoms with Crippen molar-refractivity contribution >= 4 is 23.0 Å². The Labute approximate surface area is 105 Å². The van der Waals surface area contributed by atoms with Crippen LogP contribution in [0.25, 0.3) is 0 Å². The van der Waals surface area contributed by atoms with Crippen molar-refractivity contribution < 1.29 is 4.74 Å². The second-order valence-electron chi connectivity index (χ2n) is 3.67. The SMILES string of the molecule is COc1ccc(Nc2ccnc(Cl)c2)c(C)c1. The van der Waals surface area contributed by atoms with Gasteiger partial charge >= 0.3 is 0 Å². The van der Waals surface area contributed by atoms with Crippen LogP contribution in [-0.4, -0.2) is 12.1 Å². The molecule has 0 amide bonds. The molecule has 0 unspecified atom stereocenters. The van der Waals surface area contributed by atoms with Crippen LogP contribution in [0.15, 0.2) is 36.5 Å². The Hall–Kier alpha value is -1.74. The van der Waals surface area contributed by atoms with Crippen LogP contribution in [0, 0.1) is 6.92 Å². The maximum Gasteiger partial charge on any atom is 0.131 e. The van der Waals surface area contributed by atoms with E-state index in [0.29, 0.717) is 5.15 Å². The van der Waals surface area contributed by atoms with Gasteiger partial charge in [-0.1, -0.05) is 11.6 Å². The van der Waals surface area contributed by atoms with Gasteiger partial charge in [0.05, 0.1) is 7.11 Å². The van der Waals surface area contributed by atoms with E-state index in [9.17, 15) is 0 Å². The number of aromatic nitrogens is 1. The molecule has 0 atom stereocenters. The van der Waals surface area contributed by atoms with Gasteiger partial charge in [-0.2, -0.15) is 0 Å². The van der Waals surface area contributed by atoms with Gasteiger partial charge in [-0.25, -0.2) is 4.98 Å². The number of nitrogens with zero attached hydrogens (tertiary/aromatic N) is 1. The number of pyridine rings is 1. The third-order valence-electron chi connectivity index (χ3n) is 2.44. The van der Waals surface area contributed by atoms with Crippen molar-refractivity contribution in [3.63, 3.8) is 0 Å². The van der Waals surface area contributed by atoms with E-state index < -0.39 is 0 Å². The smallest absolute Gasteiger partial charge is 0.131 e. The second-order valence-corrected chi connectivity index (χ2v) is 4.06. The normalized spacial score (nSPS) is 10.1. The van der Waals surface area contributed by atoms with E-state index in [2.05, 4.69) is 10.3 Å². The van der Waals surface area contributed by atoms with Gasteiger partial charge < -0.3 is 10.1 Å². The topological polar surface area (TPSA) is 34.1 Å². The first-order valence-electron chi connectivity index (χ1n) is 5.22. The summed E-state index contributed by atoms with van der Waals surface area (Å²) >= 11 is 5.83. The molecule has 17 heavy (non-hydrogen) atoms. The lowest BCUT2D eigenvalue weighted by Crippen LogP contribution is -1.94. The van der Waals surface area contributed by atoms with Crippen molar-refractivity contribution in [3.8, 4) is 5.75 Å². The zero-order valence-electron chi connectivity index (χ0n) is 9.70. The molecule has 0 radical (unpaired) electrons. The van der Waals surface area contributed by atoms with Crippen LogP contribution in [0.2, 0.25) is 5.15 Å². The molecule has 0 fully saturated rings. The Morgan fingerprint density at radius 1 is 1.24 bits per heavy atom. The summed E-state index contributed by atoms with van der Waals surface area (Å²) in [6.45, 7) is 2.02. The second kappa shape index (κ2) is 5.06. The number of rotatable bonds is 3. The molecular weight excluding hydrogens is 236 g/mol. The Morgan fingerprint density at radius 2 is 2.06 bits per heavy atom. The first-order valence-corrected chi connectivity index (χ1v) is 5.60. The third kappa shape index (κ3) is 2.88. The quantitative estimate of drug-likeness (QED) is 0.839. The Kier molecular flexibility index (Phi) is 3.49. The highest BCUT2D eigenvalue weighted by atomic mass is 35.5. The Bertz CT molecular complexity index is 529. The first-order chi connectivity index (χ1) is 8.19. The molecule has 1 N–H and O–H groups in total. The largest absolute Gasteiger partial charge is 0.497 e. The van der Waals surface area contributed by atoms with Crippen molar-refractivity contribution in [2.45, 2.75) is 6.92 Å². The van der Waals surface area contributed by atoms with Crippen LogP contribution in [0.1, 0.15) is 5.56 Å². The van der Waals surface area contributed by atoms with E-state index in [4.69, 9.17) is 16.3 Å². The maximum absolute atomic E-state index is 5.83. The van der Waals surface area contributed by atoms with Crippen molar-refractivity contribution in [1.29, 1.82) is 0 Å². The fourth-order valence-electron chi connectivity index (χ4n) is 1.54. The average molecular weight is 249 g/mol. The minimum atomic E-state index is 0.473. The van der Waals surface area contributed by atoms with Gasteiger partial charge in [0, 0.05) is 17.6 Å². The number of methoxy groups -OCH3 is 1. The predicted octanol–water partition coefficient (Wildman–Crippen LogP) is 3.80. The van der Waals surface area contributed by atoms with Crippen LogP contribution >= 0.6 is 11.6 Å². The lowest BCUT2D eigenvalue weighted by atomic mass is 10.2. The highest BCUT2D eigenvalue weighted by Gasteiger charge is 2.01. The van der Waals surface area contributed by atoms with Gasteiger partial charge in [0.25, 0.3) is 0 Å². The molecule has 0 spiro atoms. The molecule has 0 bridgehead atoms. The van der Waals surface area contributed by atoms with Crippen LogP contribution in [0.4, 0.5) is 11.4 Å². The van der Waals surface area contributed by atoms with E-state index in [1.54, 1.807) is 19.4 Å². The number of ether oxygens (including phenoxy) is 1. The van der Waals surface area contributed by atoms with Crippen LogP contribution in [0.3, 0.4) is 0 Å². The molecule has 1 aromatic carbocycles. The molecule has 1 aromatic heterocycles. The molecule has 0 aliphatic rings. The molecule has 0 aliphatic heterocycles. The predicted molar refractivity (Wildman–Crippen MR) is 70.3 cm³/mol. The molecule has 88 valence electrons. The summed E-state index contributed by atoms with van der Waals surface area (Å²) in [4.78, 5) is 3.94. The van der Waals surface area contributed by atoms with E-state index in [1.165, 1.54) is 0 Å². The Morgan fingerprint density at radius 3 is 2.71 bits per heavy atom. The zero-order valence-corrected chi connectivity index (χ0v) is 10.5. The summed E-state index contributed by atoms with van der Waals surface area (Å²) in [5, 5.41) is 3.76. The standard InChI is InChI=1S/C13H13ClN2O/c1-9-7-11(17-2)3-4-12(9)16-10-5-6-15-13(14)8-10/h3-8H,1-2H3,(H,15,16). The zero-order chi connectivity index (χ0) is 12.3. The summed E-state index contributed by atoms with van der Waals surface area (Å²) < 4.78 is 5.16. The van der Waals surface area contributed by atoms with Crippen molar-refractivity contribution in [1.82, 2.24) is 4.98 Å². The number of hydrogen-bond donors (Lipinski definition) is 1. The Balaban J connectivity index is 2.24. The molecule has 3 nitrogen and oxygen atoms in total. The molecule has 0 saturated heterocycles. The van der Waals surface area contributed by atoms with Crippen LogP contribution < -0.4 is 10.1 Å². The minimum absolute atomic E-state index is 0.473. The van der Waals surface area contributed by atoms with E-state index in [0.717, 1.165) is 22.7 Å². The van der Waals surface area contributed by atoms with Crippen molar-refractivity contribution in [3.05, 3.63) is 47.2 Å². The van der Waals surface area contributed by atoms with Crippen molar-refractivity contribution in [2.24, 2.45) is 0 Å². The van der Waals surface area contributed by atoms with Gasteiger partial charge in [-0.15, -0.1) is 0 Å². The van der Waals surface area contributed by atoms with Crippen LogP contribution in [0.5, 0.6) is 5.75 Å². The highest BCUT2D eigenvalue weighted by molar-refractivity contribution is 6.29. The molecule has 1 heterocycles. The molecule has 2 rings (SSSR count). The molecule has 0 saturated carbocycles. The van der Waals surface area contributed by atoms with Gasteiger partial charge in [-0.05, 0) is 42.8 Å². The van der Waals surface area contributed by atoms with Gasteiger partial charge in [0.15, 0.2) is 0 Å². The minimum Gasteiger partial charge on any atom is -0.497 e. The number of halogens is 1. The lowest BCUT2D eigenvalue weighted by molar-refractivity contribution is 0.414. The fourth-order valence-corrected chi connectivity index (χ4v) is 1.71. The highest BCUT2D eigenvalue weighted by Crippen LogP contribution is 2.25. The lowest BCUT2D eigenvalue weighted by Gasteiger charge is -2.10. The molecule has 2 aromatic rings. The number of hydrogen-bond acceptors (Lipinski definition) is 3. The van der Waals surface area contributed by atoms with Crippen LogP contribution in [-0.2, 0) is 0 Å². The number of anilines is 2. The fraction of sp³-hybridized carbons (Fsp3) is 0.154. The van der Waals surface area contributed by atoms with E-state index in [1.807, 2.05) is 31.2 Å². The van der Waals surface area contributed by atoms with E-state index >= 15 is 0 Å². The van der Waals surface area contributed by atoms with Gasteiger partial charge in [0.2, 0.25) is 0 Å². The molecule has 4 heteroatoms. The number of nitrogens with one attached hydrogen (secondary N) is 1. The summed E-state index contributed by atoms with van der Waals surface area (Å²) in [6.07, 6.45) is 1.67. The molecule has 0 aliphatic carbocycles. The summed E-state index contributed by atoms with van der Waals surface area (Å²) in [5.74, 6) is 0.848. The monoisotopic (exact) mass is 248 g/mol. The van der Waals surface area contributed by atoms with Gasteiger partial charge in [0.1, 0.15) is 10.9 Å². The number of benzene rings is 1. The van der Waals surface area contributed by atoms with Crippen molar-refractivity contribution in [2.75, 3.05) is 12.4 Å². The third-order valence-corrected chi connectivity index (χ3v) is 2.65. The van der Waals surface area contributed by atoms with Gasteiger partial charge in [-0.3, -0.25) is 0 Å². The van der Waals surface area contributed by atoms with E-state index in [-0.39, 0.29) is 0 Å². The molecular formula is C13H13ClN2O.